The molecule has 1 heterocycles. The van der Waals surface area contributed by atoms with Crippen molar-refractivity contribution < 1.29 is 13.6 Å². The van der Waals surface area contributed by atoms with E-state index < -0.39 is 23.6 Å². The first kappa shape index (κ1) is 17.5. The highest BCUT2D eigenvalue weighted by atomic mass is 32.1. The van der Waals surface area contributed by atoms with Crippen LogP contribution in [0.2, 0.25) is 0 Å². The lowest BCUT2D eigenvalue weighted by atomic mass is 10.0. The summed E-state index contributed by atoms with van der Waals surface area (Å²) in [6, 6.07) is 3.08. The van der Waals surface area contributed by atoms with Crippen LogP contribution in [0.4, 0.5) is 8.78 Å². The number of nitrogens with zero attached hydrogens (tertiary/aromatic N) is 2. The van der Waals surface area contributed by atoms with Crippen molar-refractivity contribution >= 4 is 17.2 Å². The Morgan fingerprint density at radius 3 is 2.57 bits per heavy atom. The molecule has 0 aliphatic carbocycles. The molecule has 0 saturated carbocycles. The quantitative estimate of drug-likeness (QED) is 0.843. The molecule has 1 amide bonds. The summed E-state index contributed by atoms with van der Waals surface area (Å²) in [6.07, 6.45) is 0. The highest BCUT2D eigenvalue weighted by molar-refractivity contribution is 7.09. The van der Waals surface area contributed by atoms with E-state index >= 15 is 0 Å². The van der Waals surface area contributed by atoms with E-state index in [1.165, 1.54) is 29.5 Å². The summed E-state index contributed by atoms with van der Waals surface area (Å²) in [5.41, 5.74) is 5.64. The van der Waals surface area contributed by atoms with Gasteiger partial charge in [0.1, 0.15) is 22.3 Å². The average Bonchev–Trinajstić information content (AvgIpc) is 2.98. The lowest BCUT2D eigenvalue weighted by Gasteiger charge is -2.25. The molecule has 5 nitrogen and oxygen atoms in total. The Bertz CT molecular complexity index is 670. The molecule has 1 aromatic carbocycles. The van der Waals surface area contributed by atoms with Crippen LogP contribution in [0.5, 0.6) is 0 Å². The van der Waals surface area contributed by atoms with Crippen molar-refractivity contribution in [1.29, 1.82) is 0 Å². The number of aromatic nitrogens is 1. The number of amides is 1. The zero-order chi connectivity index (χ0) is 17.0. The zero-order valence-electron chi connectivity index (χ0n) is 12.8. The van der Waals surface area contributed by atoms with Crippen molar-refractivity contribution in [1.82, 2.24) is 15.2 Å². The maximum absolute atomic E-state index is 14.0. The van der Waals surface area contributed by atoms with Crippen LogP contribution >= 0.6 is 11.3 Å². The van der Waals surface area contributed by atoms with Crippen LogP contribution in [0, 0.1) is 11.6 Å². The van der Waals surface area contributed by atoms with Gasteiger partial charge >= 0.3 is 0 Å². The Morgan fingerprint density at radius 2 is 2.04 bits per heavy atom. The number of nitrogens with one attached hydrogen (secondary N) is 1. The van der Waals surface area contributed by atoms with Gasteiger partial charge in [-0.1, -0.05) is 6.07 Å². The van der Waals surface area contributed by atoms with Crippen molar-refractivity contribution in [2.24, 2.45) is 5.73 Å². The van der Waals surface area contributed by atoms with Gasteiger partial charge in [-0.15, -0.1) is 11.3 Å². The van der Waals surface area contributed by atoms with Gasteiger partial charge in [0.2, 0.25) is 0 Å². The summed E-state index contributed by atoms with van der Waals surface area (Å²) in [5, 5.41) is 4.92. The molecule has 0 spiro atoms. The van der Waals surface area contributed by atoms with Crippen LogP contribution < -0.4 is 11.1 Å². The van der Waals surface area contributed by atoms with Gasteiger partial charge in [0.05, 0.1) is 6.04 Å². The summed E-state index contributed by atoms with van der Waals surface area (Å²) in [5.74, 6) is -1.68. The van der Waals surface area contributed by atoms with E-state index in [9.17, 15) is 13.6 Å². The van der Waals surface area contributed by atoms with E-state index in [0.29, 0.717) is 5.01 Å². The molecule has 0 aliphatic rings. The topological polar surface area (TPSA) is 71.2 Å². The SMILES string of the molecule is CN(C)C(CNC(=O)c1csc(CN)n1)c1c(F)cccc1F. The second kappa shape index (κ2) is 7.58. The smallest absolute Gasteiger partial charge is 0.270 e. The Balaban J connectivity index is 2.13. The Morgan fingerprint density at radius 1 is 1.39 bits per heavy atom. The molecule has 8 heteroatoms. The van der Waals surface area contributed by atoms with Crippen LogP contribution in [-0.2, 0) is 6.54 Å². The predicted octanol–water partition coefficient (Wildman–Crippen LogP) is 1.91. The Labute approximate surface area is 137 Å². The van der Waals surface area contributed by atoms with Gasteiger partial charge in [0, 0.05) is 24.0 Å². The number of nitrogens with two attached hydrogens (primary N) is 1. The number of halogens is 2. The molecule has 0 radical (unpaired) electrons. The molecule has 0 saturated heterocycles. The lowest BCUT2D eigenvalue weighted by molar-refractivity contribution is 0.0936. The predicted molar refractivity (Wildman–Crippen MR) is 85.1 cm³/mol. The number of hydrogen-bond acceptors (Lipinski definition) is 5. The Hall–Kier alpha value is -1.90. The summed E-state index contributed by atoms with van der Waals surface area (Å²) in [6.45, 7) is 0.317. The maximum Gasteiger partial charge on any atom is 0.270 e. The average molecular weight is 340 g/mol. The van der Waals surface area contributed by atoms with Gasteiger partial charge in [-0.05, 0) is 26.2 Å². The first-order chi connectivity index (χ1) is 10.9. The van der Waals surface area contributed by atoms with Crippen molar-refractivity contribution in [3.63, 3.8) is 0 Å². The van der Waals surface area contributed by atoms with Crippen LogP contribution in [0.1, 0.15) is 27.1 Å². The summed E-state index contributed by atoms with van der Waals surface area (Å²) >= 11 is 1.29. The van der Waals surface area contributed by atoms with E-state index in [1.54, 1.807) is 24.4 Å². The standard InChI is InChI=1S/C15H18F2N4OS/c1-21(2)12(14-9(16)4-3-5-10(14)17)7-19-15(22)11-8-23-13(6-18)20-11/h3-5,8,12H,6-7,18H2,1-2H3,(H,19,22). The molecular formula is C15H18F2N4OS. The molecule has 1 unspecified atom stereocenters. The molecule has 23 heavy (non-hydrogen) atoms. The number of benzene rings is 1. The van der Waals surface area contributed by atoms with Crippen LogP contribution in [0.15, 0.2) is 23.6 Å². The molecule has 3 N–H and O–H groups in total. The third-order valence-corrected chi connectivity index (χ3v) is 4.24. The van der Waals surface area contributed by atoms with Gasteiger partial charge in [0.25, 0.3) is 5.91 Å². The maximum atomic E-state index is 14.0. The second-order valence-electron chi connectivity index (χ2n) is 5.16. The minimum Gasteiger partial charge on any atom is -0.349 e. The van der Waals surface area contributed by atoms with Crippen molar-refractivity contribution in [3.05, 3.63) is 51.5 Å². The highest BCUT2D eigenvalue weighted by Crippen LogP contribution is 2.24. The molecule has 1 aromatic heterocycles. The Kier molecular flexibility index (Phi) is 5.75. The van der Waals surface area contributed by atoms with Crippen LogP contribution in [-0.4, -0.2) is 36.4 Å². The number of likely N-dealkylation sites (N-methyl/N-ethyl adjacent to an activating group) is 1. The molecule has 0 bridgehead atoms. The monoisotopic (exact) mass is 340 g/mol. The third-order valence-electron chi connectivity index (χ3n) is 3.37. The van der Waals surface area contributed by atoms with Gasteiger partial charge in [-0.3, -0.25) is 4.79 Å². The molecule has 0 fully saturated rings. The van der Waals surface area contributed by atoms with Gasteiger partial charge in [-0.2, -0.15) is 0 Å². The van der Waals surface area contributed by atoms with Crippen LogP contribution in [0.3, 0.4) is 0 Å². The van der Waals surface area contributed by atoms with E-state index in [-0.39, 0.29) is 24.3 Å². The molecule has 1 atom stereocenters. The number of carbonyl (C=O) groups is 1. The van der Waals surface area contributed by atoms with E-state index in [1.807, 2.05) is 0 Å². The van der Waals surface area contributed by atoms with Gasteiger partial charge in [0.15, 0.2) is 0 Å². The third kappa shape index (κ3) is 4.10. The fourth-order valence-corrected chi connectivity index (χ4v) is 2.82. The minimum atomic E-state index is -0.642. The van der Waals surface area contributed by atoms with E-state index in [4.69, 9.17) is 5.73 Å². The number of rotatable bonds is 6. The van der Waals surface area contributed by atoms with Crippen molar-refractivity contribution in [2.45, 2.75) is 12.6 Å². The fraction of sp³-hybridized carbons (Fsp3) is 0.333. The van der Waals surface area contributed by atoms with Crippen molar-refractivity contribution in [2.75, 3.05) is 20.6 Å². The van der Waals surface area contributed by atoms with Crippen molar-refractivity contribution in [3.8, 4) is 0 Å². The number of carbonyl (C=O) groups excluding carboxylic acids is 1. The van der Waals surface area contributed by atoms with Gasteiger partial charge in [-0.25, -0.2) is 13.8 Å². The fourth-order valence-electron chi connectivity index (χ4n) is 2.16. The normalized spacial score (nSPS) is 12.4. The minimum absolute atomic E-state index is 0.0547. The zero-order valence-corrected chi connectivity index (χ0v) is 13.7. The summed E-state index contributed by atoms with van der Waals surface area (Å²) in [4.78, 5) is 17.8. The summed E-state index contributed by atoms with van der Waals surface area (Å²) < 4.78 is 27.9. The number of hydrogen-bond donors (Lipinski definition) is 2. The first-order valence-electron chi connectivity index (χ1n) is 6.97. The van der Waals surface area contributed by atoms with Gasteiger partial charge < -0.3 is 16.0 Å². The summed E-state index contributed by atoms with van der Waals surface area (Å²) in [7, 11) is 3.39. The van der Waals surface area contributed by atoms with E-state index in [0.717, 1.165) is 0 Å². The lowest BCUT2D eigenvalue weighted by Crippen LogP contribution is -2.35. The first-order valence-corrected chi connectivity index (χ1v) is 7.85. The molecule has 0 aliphatic heterocycles. The van der Waals surface area contributed by atoms with Crippen LogP contribution in [0.25, 0.3) is 0 Å². The largest absolute Gasteiger partial charge is 0.349 e. The molecule has 2 aromatic rings. The highest BCUT2D eigenvalue weighted by Gasteiger charge is 2.23. The molecule has 2 rings (SSSR count). The second-order valence-corrected chi connectivity index (χ2v) is 6.10. The molecular weight excluding hydrogens is 322 g/mol. The number of thiazole rings is 1. The van der Waals surface area contributed by atoms with E-state index in [2.05, 4.69) is 10.3 Å². The molecule has 124 valence electrons.